The summed E-state index contributed by atoms with van der Waals surface area (Å²) < 4.78 is 5.50. The molecule has 4 N–H and O–H groups in total. The van der Waals surface area contributed by atoms with Crippen LogP contribution in [0.1, 0.15) is 58.9 Å². The van der Waals surface area contributed by atoms with Crippen molar-refractivity contribution < 1.29 is 24.3 Å². The first kappa shape index (κ1) is 36.3. The number of amides is 3. The quantitative estimate of drug-likeness (QED) is 0.144. The molecule has 0 aromatic heterocycles. The molecule has 2 aromatic carbocycles. The first-order valence-electron chi connectivity index (χ1n) is 12.6. The van der Waals surface area contributed by atoms with Gasteiger partial charge in [0.25, 0.3) is 0 Å². The number of terminal acetylenes is 1. The molecule has 0 aliphatic carbocycles. The Labute approximate surface area is 228 Å². The molecule has 0 radical (unpaired) electrons. The molecule has 0 unspecified atom stereocenters. The molecule has 0 saturated heterocycles. The summed E-state index contributed by atoms with van der Waals surface area (Å²) in [7, 11) is 1.53. The third-order valence-corrected chi connectivity index (χ3v) is 4.81. The number of para-hydroxylation sites is 1. The van der Waals surface area contributed by atoms with E-state index in [0.717, 1.165) is 24.5 Å². The lowest BCUT2D eigenvalue weighted by Gasteiger charge is -2.16. The normalized spacial score (nSPS) is 10.1. The van der Waals surface area contributed by atoms with Crippen LogP contribution in [-0.2, 0) is 14.4 Å². The molecule has 3 amide bonds. The third-order valence-electron chi connectivity index (χ3n) is 4.81. The molecule has 0 aliphatic heterocycles. The zero-order valence-corrected chi connectivity index (χ0v) is 23.6. The molecule has 0 bridgehead atoms. The summed E-state index contributed by atoms with van der Waals surface area (Å²) in [4.78, 5) is 32.7. The summed E-state index contributed by atoms with van der Waals surface area (Å²) in [6, 6.07) is 17.5. The highest BCUT2D eigenvalue weighted by atomic mass is 16.5. The van der Waals surface area contributed by atoms with Gasteiger partial charge in [0, 0.05) is 32.0 Å². The van der Waals surface area contributed by atoms with E-state index in [9.17, 15) is 14.4 Å². The smallest absolute Gasteiger partial charge is 0.244 e. The number of hydrogen-bond acceptors (Lipinski definition) is 5. The van der Waals surface area contributed by atoms with Crippen molar-refractivity contribution in [2.45, 2.75) is 60.3 Å². The van der Waals surface area contributed by atoms with Gasteiger partial charge in [0.1, 0.15) is 5.75 Å². The monoisotopic (exact) mass is 527 g/mol. The Morgan fingerprint density at radius 2 is 1.58 bits per heavy atom. The molecular weight excluding hydrogens is 482 g/mol. The zero-order chi connectivity index (χ0) is 29.3. The number of unbranched alkanes of at least 4 members (excludes halogenated alkanes) is 1. The summed E-state index contributed by atoms with van der Waals surface area (Å²) in [6.45, 7) is 10.5. The van der Waals surface area contributed by atoms with E-state index in [1.54, 1.807) is 0 Å². The van der Waals surface area contributed by atoms with Gasteiger partial charge >= 0.3 is 0 Å². The van der Waals surface area contributed by atoms with Crippen LogP contribution in [0.3, 0.4) is 0 Å². The number of hydrogen-bond donors (Lipinski definition) is 4. The van der Waals surface area contributed by atoms with E-state index in [4.69, 9.17) is 9.94 Å². The van der Waals surface area contributed by atoms with E-state index in [-0.39, 0.29) is 24.2 Å². The predicted octanol–water partition coefficient (Wildman–Crippen LogP) is 5.36. The maximum absolute atomic E-state index is 11.3. The minimum absolute atomic E-state index is 0.0222. The number of benzene rings is 2. The van der Waals surface area contributed by atoms with Gasteiger partial charge in [0.15, 0.2) is 0 Å². The Hall–Kier alpha value is -3.83. The van der Waals surface area contributed by atoms with E-state index >= 15 is 0 Å². The molecular formula is C30H45N3O5. The Kier molecular flexibility index (Phi) is 22.5. The average molecular weight is 528 g/mol. The van der Waals surface area contributed by atoms with Crippen molar-refractivity contribution in [3.05, 3.63) is 60.2 Å². The molecule has 0 fully saturated rings. The van der Waals surface area contributed by atoms with Crippen LogP contribution >= 0.6 is 0 Å². The Balaban J connectivity index is 0. The number of anilines is 1. The lowest BCUT2D eigenvalue weighted by molar-refractivity contribution is -0.135. The van der Waals surface area contributed by atoms with Crippen molar-refractivity contribution in [1.29, 1.82) is 0 Å². The van der Waals surface area contributed by atoms with Gasteiger partial charge in [-0.3, -0.25) is 19.6 Å². The number of nitrogens with one attached hydrogen (secondary N) is 3. The van der Waals surface area contributed by atoms with Crippen molar-refractivity contribution in [3.8, 4) is 18.6 Å². The molecule has 0 aliphatic rings. The lowest BCUT2D eigenvalue weighted by atomic mass is 9.93. The lowest BCUT2D eigenvalue weighted by Crippen LogP contribution is -2.33. The first-order valence-corrected chi connectivity index (χ1v) is 12.6. The van der Waals surface area contributed by atoms with Crippen molar-refractivity contribution >= 4 is 23.4 Å². The van der Waals surface area contributed by atoms with Gasteiger partial charge in [-0.1, -0.05) is 63.1 Å². The first-order chi connectivity index (χ1) is 18.1. The van der Waals surface area contributed by atoms with Crippen molar-refractivity contribution in [2.24, 2.45) is 11.8 Å². The van der Waals surface area contributed by atoms with Crippen molar-refractivity contribution in [2.75, 3.05) is 19.0 Å². The molecule has 0 heterocycles. The van der Waals surface area contributed by atoms with Crippen LogP contribution in [0.4, 0.5) is 5.69 Å². The second-order valence-corrected chi connectivity index (χ2v) is 8.74. The van der Waals surface area contributed by atoms with Crippen LogP contribution < -0.4 is 20.9 Å². The predicted molar refractivity (Wildman–Crippen MR) is 154 cm³/mol. The van der Waals surface area contributed by atoms with Crippen LogP contribution in [0.15, 0.2) is 54.6 Å². The number of aryl methyl sites for hydroxylation is 1. The van der Waals surface area contributed by atoms with Gasteiger partial charge in [-0.25, -0.2) is 5.48 Å². The van der Waals surface area contributed by atoms with Crippen LogP contribution in [0.25, 0.3) is 0 Å². The number of ether oxygens (including phenoxy) is 1. The highest BCUT2D eigenvalue weighted by molar-refractivity contribution is 5.88. The minimum atomic E-state index is -0.528. The SMILES string of the molecule is C#C.CC(=O)Nc1ccccc1.CCCCOc1ccc(C)cc1.CNC(=O)[C@@H](CC(=O)NO)CC(C)C. The second-order valence-electron chi connectivity index (χ2n) is 8.74. The molecule has 1 atom stereocenters. The summed E-state index contributed by atoms with van der Waals surface area (Å²) in [5, 5.41) is 13.5. The zero-order valence-electron chi connectivity index (χ0n) is 23.6. The van der Waals surface area contributed by atoms with Crippen LogP contribution in [0.2, 0.25) is 0 Å². The van der Waals surface area contributed by atoms with Gasteiger partial charge < -0.3 is 15.4 Å². The third kappa shape index (κ3) is 20.4. The van der Waals surface area contributed by atoms with Crippen LogP contribution in [0, 0.1) is 31.6 Å². The molecule has 0 spiro atoms. The average Bonchev–Trinajstić information content (AvgIpc) is 2.91. The van der Waals surface area contributed by atoms with Crippen molar-refractivity contribution in [3.63, 3.8) is 0 Å². The maximum Gasteiger partial charge on any atom is 0.244 e. The second kappa shape index (κ2) is 23.6. The fourth-order valence-corrected chi connectivity index (χ4v) is 3.02. The summed E-state index contributed by atoms with van der Waals surface area (Å²) >= 11 is 0. The topological polar surface area (TPSA) is 117 Å². The van der Waals surface area contributed by atoms with Gasteiger partial charge in [-0.05, 0) is 49.9 Å². The summed E-state index contributed by atoms with van der Waals surface area (Å²) in [6.07, 6.45) is 11.0. The minimum Gasteiger partial charge on any atom is -0.494 e. The van der Waals surface area contributed by atoms with Gasteiger partial charge in [0.05, 0.1) is 6.61 Å². The molecule has 38 heavy (non-hydrogen) atoms. The number of carbonyl (C=O) groups is 3. The molecule has 2 aromatic rings. The van der Waals surface area contributed by atoms with E-state index in [1.165, 1.54) is 31.4 Å². The largest absolute Gasteiger partial charge is 0.494 e. The number of rotatable bonds is 10. The highest BCUT2D eigenvalue weighted by Crippen LogP contribution is 2.15. The molecule has 0 saturated carbocycles. The molecule has 8 nitrogen and oxygen atoms in total. The van der Waals surface area contributed by atoms with Crippen molar-refractivity contribution in [1.82, 2.24) is 10.8 Å². The van der Waals surface area contributed by atoms with E-state index in [2.05, 4.69) is 49.5 Å². The van der Waals surface area contributed by atoms with Gasteiger partial charge in [0.2, 0.25) is 17.7 Å². The van der Waals surface area contributed by atoms with Gasteiger partial charge in [-0.15, -0.1) is 12.8 Å². The Bertz CT molecular complexity index is 912. The number of hydroxylamine groups is 1. The molecule has 2 rings (SSSR count). The highest BCUT2D eigenvalue weighted by Gasteiger charge is 2.21. The summed E-state index contributed by atoms with van der Waals surface area (Å²) in [5.74, 6) is 0.220. The van der Waals surface area contributed by atoms with E-state index in [0.29, 0.717) is 12.3 Å². The fraction of sp³-hybridized carbons (Fsp3) is 0.433. The fourth-order valence-electron chi connectivity index (χ4n) is 3.02. The van der Waals surface area contributed by atoms with Crippen LogP contribution in [0.5, 0.6) is 5.75 Å². The number of carbonyl (C=O) groups excluding carboxylic acids is 3. The Morgan fingerprint density at radius 3 is 2.03 bits per heavy atom. The summed E-state index contributed by atoms with van der Waals surface area (Å²) in [5.41, 5.74) is 3.65. The van der Waals surface area contributed by atoms with Crippen LogP contribution in [-0.4, -0.2) is 36.6 Å². The molecule has 8 heteroatoms. The van der Waals surface area contributed by atoms with Gasteiger partial charge in [-0.2, -0.15) is 0 Å². The molecule has 210 valence electrons. The standard InChI is InChI=1S/C11H16O.C9H18N2O3.C8H9NO.C2H2/c1-3-4-9-12-11-7-5-10(2)6-8-11;1-6(2)4-7(9(13)10-3)5-8(12)11-14;1-7(10)9-8-5-3-2-4-6-8;1-2/h5-8H,3-4,9H2,1-2H3;6-7,14H,4-5H2,1-3H3,(H,10,13)(H,11,12);2-6H,1H3,(H,9,10);1-2H/t;7-;;/m.1../s1. The maximum atomic E-state index is 11.3. The Morgan fingerprint density at radius 1 is 1.00 bits per heavy atom. The van der Waals surface area contributed by atoms with E-state index in [1.807, 2.05) is 56.3 Å². The van der Waals surface area contributed by atoms with E-state index < -0.39 is 5.91 Å².